The van der Waals surface area contributed by atoms with Crippen LogP contribution in [-0.2, 0) is 11.3 Å². The van der Waals surface area contributed by atoms with E-state index in [0.717, 1.165) is 0 Å². The smallest absolute Gasteiger partial charge is 0.260 e. The summed E-state index contributed by atoms with van der Waals surface area (Å²) in [5.74, 6) is -0.671. The average molecular weight is 491 g/mol. The summed E-state index contributed by atoms with van der Waals surface area (Å²) in [6.07, 6.45) is 4.66. The van der Waals surface area contributed by atoms with Crippen LogP contribution in [0.25, 0.3) is 5.76 Å². The fourth-order valence-corrected chi connectivity index (χ4v) is 3.34. The number of methoxy groups -OCH3 is 1. The number of ether oxygens (including phenoxy) is 2. The maximum absolute atomic E-state index is 15.1. The third-order valence-electron chi connectivity index (χ3n) is 4.58. The van der Waals surface area contributed by atoms with E-state index >= 15 is 4.39 Å². The summed E-state index contributed by atoms with van der Waals surface area (Å²) in [5.41, 5.74) is 1.15. The lowest BCUT2D eigenvalue weighted by molar-refractivity contribution is 0.102. The normalized spacial score (nSPS) is 11.2. The van der Waals surface area contributed by atoms with Gasteiger partial charge in [-0.05, 0) is 43.3 Å². The Bertz CT molecular complexity index is 1190. The van der Waals surface area contributed by atoms with E-state index in [1.54, 1.807) is 31.3 Å². The van der Waals surface area contributed by atoms with Crippen molar-refractivity contribution in [2.75, 3.05) is 24.8 Å². The molecule has 0 fully saturated rings. The Morgan fingerprint density at radius 1 is 1.18 bits per heavy atom. The molecular formula is C23H21Cl2FN4O3. The molecule has 3 rings (SSSR count). The predicted molar refractivity (Wildman–Crippen MR) is 127 cm³/mol. The van der Waals surface area contributed by atoms with Gasteiger partial charge in [-0.3, -0.25) is 9.78 Å². The number of benzene rings is 1. The maximum Gasteiger partial charge on any atom is 0.260 e. The van der Waals surface area contributed by atoms with Gasteiger partial charge in [0, 0.05) is 13.2 Å². The molecule has 1 amide bonds. The Morgan fingerprint density at radius 3 is 2.61 bits per heavy atom. The van der Waals surface area contributed by atoms with Crippen LogP contribution in [0.5, 0.6) is 5.75 Å². The fraction of sp³-hybridized carbons (Fsp3) is 0.174. The fourth-order valence-electron chi connectivity index (χ4n) is 2.99. The van der Waals surface area contributed by atoms with Crippen molar-refractivity contribution in [2.24, 2.45) is 0 Å². The van der Waals surface area contributed by atoms with Crippen LogP contribution in [0.2, 0.25) is 10.0 Å². The van der Waals surface area contributed by atoms with Crippen LogP contribution in [0.3, 0.4) is 0 Å². The Labute approximate surface area is 200 Å². The standard InChI is InChI=1S/C23H21Cl2FN4O3/c1-4-18(32-3)16-9-15(11-29-22(16)27-2)30-23(31)20-17(25)7-8-19(21(20)26)33-12-14-6-5-13(24)10-28-14/h4-11H,12H2,1-3H3,(H,27,29)(H,30,31). The van der Waals surface area contributed by atoms with Crippen LogP contribution in [-0.4, -0.2) is 30.0 Å². The molecule has 172 valence electrons. The van der Waals surface area contributed by atoms with Gasteiger partial charge in [0.05, 0.1) is 45.9 Å². The van der Waals surface area contributed by atoms with Crippen molar-refractivity contribution < 1.29 is 18.7 Å². The lowest BCUT2D eigenvalue weighted by atomic mass is 10.1. The van der Waals surface area contributed by atoms with E-state index in [2.05, 4.69) is 20.6 Å². The highest BCUT2D eigenvalue weighted by molar-refractivity contribution is 6.34. The number of halogens is 3. The third-order valence-corrected chi connectivity index (χ3v) is 5.12. The summed E-state index contributed by atoms with van der Waals surface area (Å²) in [6.45, 7) is 1.79. The van der Waals surface area contributed by atoms with Crippen LogP contribution < -0.4 is 15.4 Å². The van der Waals surface area contributed by atoms with E-state index < -0.39 is 11.7 Å². The van der Waals surface area contributed by atoms with Gasteiger partial charge in [0.25, 0.3) is 5.91 Å². The van der Waals surface area contributed by atoms with Crippen molar-refractivity contribution in [1.82, 2.24) is 9.97 Å². The van der Waals surface area contributed by atoms with E-state index in [9.17, 15) is 4.79 Å². The summed E-state index contributed by atoms with van der Waals surface area (Å²) in [4.78, 5) is 21.3. The Hall–Kier alpha value is -3.36. The summed E-state index contributed by atoms with van der Waals surface area (Å²) >= 11 is 11.9. The van der Waals surface area contributed by atoms with Crippen molar-refractivity contribution in [2.45, 2.75) is 13.5 Å². The molecule has 0 saturated carbocycles. The van der Waals surface area contributed by atoms with E-state index in [0.29, 0.717) is 33.5 Å². The lowest BCUT2D eigenvalue weighted by Crippen LogP contribution is -2.16. The first-order chi connectivity index (χ1) is 15.9. The first-order valence-corrected chi connectivity index (χ1v) is 10.5. The monoisotopic (exact) mass is 490 g/mol. The number of hydrogen-bond acceptors (Lipinski definition) is 6. The van der Waals surface area contributed by atoms with Crippen LogP contribution in [0.15, 0.2) is 48.8 Å². The molecule has 0 radical (unpaired) electrons. The van der Waals surface area contributed by atoms with Crippen molar-refractivity contribution in [3.63, 3.8) is 0 Å². The summed E-state index contributed by atoms with van der Waals surface area (Å²) in [5, 5.41) is 5.99. The quantitative estimate of drug-likeness (QED) is 0.388. The molecule has 0 unspecified atom stereocenters. The van der Waals surface area contributed by atoms with Gasteiger partial charge in [-0.2, -0.15) is 0 Å². The largest absolute Gasteiger partial charge is 0.496 e. The zero-order chi connectivity index (χ0) is 24.0. The molecule has 2 aromatic heterocycles. The number of carbonyl (C=O) groups is 1. The number of allylic oxidation sites excluding steroid dienone is 1. The second-order valence-corrected chi connectivity index (χ2v) is 7.52. The maximum atomic E-state index is 15.1. The number of aromatic nitrogens is 2. The minimum Gasteiger partial charge on any atom is -0.496 e. The van der Waals surface area contributed by atoms with Gasteiger partial charge in [-0.1, -0.05) is 23.2 Å². The molecule has 33 heavy (non-hydrogen) atoms. The number of nitrogens with zero attached hydrogens (tertiary/aromatic N) is 2. The van der Waals surface area contributed by atoms with Crippen LogP contribution >= 0.6 is 23.2 Å². The zero-order valence-electron chi connectivity index (χ0n) is 18.1. The van der Waals surface area contributed by atoms with Gasteiger partial charge in [-0.15, -0.1) is 0 Å². The van der Waals surface area contributed by atoms with Crippen LogP contribution in [0.4, 0.5) is 15.9 Å². The minimum atomic E-state index is -0.889. The molecule has 7 nitrogen and oxygen atoms in total. The lowest BCUT2D eigenvalue weighted by Gasteiger charge is -2.14. The molecular weight excluding hydrogens is 470 g/mol. The molecule has 0 bridgehead atoms. The average Bonchev–Trinajstić information content (AvgIpc) is 2.81. The molecule has 0 atom stereocenters. The molecule has 0 aliphatic carbocycles. The van der Waals surface area contributed by atoms with Crippen molar-refractivity contribution in [3.8, 4) is 5.75 Å². The van der Waals surface area contributed by atoms with Gasteiger partial charge in [-0.25, -0.2) is 9.37 Å². The van der Waals surface area contributed by atoms with Crippen LogP contribution in [0, 0.1) is 5.82 Å². The number of pyridine rings is 2. The van der Waals surface area contributed by atoms with Gasteiger partial charge in [0.1, 0.15) is 18.2 Å². The highest BCUT2D eigenvalue weighted by Crippen LogP contribution is 2.30. The van der Waals surface area contributed by atoms with Crippen molar-refractivity contribution in [3.05, 3.63) is 81.5 Å². The van der Waals surface area contributed by atoms with E-state index in [4.69, 9.17) is 32.7 Å². The number of carbonyl (C=O) groups excluding carboxylic acids is 1. The van der Waals surface area contributed by atoms with Gasteiger partial charge >= 0.3 is 0 Å². The summed E-state index contributed by atoms with van der Waals surface area (Å²) in [6, 6.07) is 7.70. The van der Waals surface area contributed by atoms with E-state index in [-0.39, 0.29) is 22.9 Å². The number of rotatable bonds is 8. The van der Waals surface area contributed by atoms with Crippen molar-refractivity contribution >= 4 is 46.4 Å². The number of hydrogen-bond donors (Lipinski definition) is 2. The molecule has 0 saturated heterocycles. The minimum absolute atomic E-state index is 0.0152. The number of anilines is 2. The number of amides is 1. The molecule has 1 aromatic carbocycles. The Balaban J connectivity index is 1.84. The highest BCUT2D eigenvalue weighted by atomic mass is 35.5. The van der Waals surface area contributed by atoms with E-state index in [1.165, 1.54) is 31.6 Å². The molecule has 3 aromatic rings. The molecule has 2 heterocycles. The highest BCUT2D eigenvalue weighted by Gasteiger charge is 2.21. The summed E-state index contributed by atoms with van der Waals surface area (Å²) in [7, 11) is 3.24. The molecule has 0 aliphatic heterocycles. The van der Waals surface area contributed by atoms with E-state index in [1.807, 2.05) is 6.92 Å². The second kappa shape index (κ2) is 11.0. The molecule has 10 heteroatoms. The SMILES string of the molecule is CC=C(OC)c1cc(NC(=O)c2c(Cl)ccc(OCc3ccc(Cl)cn3)c2F)cnc1NC. The van der Waals surface area contributed by atoms with Crippen molar-refractivity contribution in [1.29, 1.82) is 0 Å². The van der Waals surface area contributed by atoms with Crippen LogP contribution in [0.1, 0.15) is 28.5 Å². The first kappa shape index (κ1) is 24.3. The topological polar surface area (TPSA) is 85.4 Å². The Morgan fingerprint density at radius 2 is 1.97 bits per heavy atom. The predicted octanol–water partition coefficient (Wildman–Crippen LogP) is 5.80. The molecule has 0 aliphatic rings. The zero-order valence-corrected chi connectivity index (χ0v) is 19.6. The number of nitrogens with one attached hydrogen (secondary N) is 2. The molecule has 0 spiro atoms. The summed E-state index contributed by atoms with van der Waals surface area (Å²) < 4.78 is 26.0. The second-order valence-electron chi connectivity index (χ2n) is 6.67. The third kappa shape index (κ3) is 5.71. The van der Waals surface area contributed by atoms with Gasteiger partial charge < -0.3 is 20.1 Å². The van der Waals surface area contributed by atoms with Gasteiger partial charge in [0.15, 0.2) is 11.6 Å². The Kier molecular flexibility index (Phi) is 8.08. The first-order valence-electron chi connectivity index (χ1n) is 9.79. The van der Waals surface area contributed by atoms with Gasteiger partial charge in [0.2, 0.25) is 0 Å². The molecule has 2 N–H and O–H groups in total.